The zero-order valence-corrected chi connectivity index (χ0v) is 26.7. The van der Waals surface area contributed by atoms with Crippen molar-refractivity contribution < 1.29 is 14.4 Å². The summed E-state index contributed by atoms with van der Waals surface area (Å²) in [5.74, 6) is -0.936. The Morgan fingerprint density at radius 1 is 0.652 bits per heavy atom. The van der Waals surface area contributed by atoms with Crippen LogP contribution in [0.3, 0.4) is 0 Å². The summed E-state index contributed by atoms with van der Waals surface area (Å²) in [6.07, 6.45) is 1.66. The maximum atomic E-state index is 13.5. The van der Waals surface area contributed by atoms with Gasteiger partial charge in [0.15, 0.2) is 0 Å². The molecule has 0 aliphatic rings. The first-order valence-corrected chi connectivity index (χ1v) is 15.8. The number of carbonyl (C=O) groups excluding carboxylic acids is 3. The highest BCUT2D eigenvalue weighted by atomic mass is 32.2. The molecule has 5 aromatic carbocycles. The van der Waals surface area contributed by atoms with Crippen LogP contribution in [-0.4, -0.2) is 23.0 Å². The van der Waals surface area contributed by atoms with Crippen molar-refractivity contribution in [2.24, 2.45) is 0 Å². The SMILES string of the molecule is Cc1cc(C)cc(NC(=O)C(C)Sc2ccc(NC(=O)/C(=C/c3ccc(-c4ccccc4)cc3)NC(=O)c3ccccc3)cc2)c1. The van der Waals surface area contributed by atoms with Crippen molar-refractivity contribution >= 4 is 46.9 Å². The summed E-state index contributed by atoms with van der Waals surface area (Å²) in [4.78, 5) is 40.2. The van der Waals surface area contributed by atoms with Crippen LogP contribution >= 0.6 is 11.8 Å². The molecule has 3 amide bonds. The lowest BCUT2D eigenvalue weighted by atomic mass is 10.0. The van der Waals surface area contributed by atoms with E-state index in [0.29, 0.717) is 11.3 Å². The molecule has 7 heteroatoms. The predicted molar refractivity (Wildman–Crippen MR) is 189 cm³/mol. The molecule has 5 rings (SSSR count). The van der Waals surface area contributed by atoms with Gasteiger partial charge in [0, 0.05) is 21.8 Å². The molecule has 230 valence electrons. The van der Waals surface area contributed by atoms with Gasteiger partial charge in [-0.3, -0.25) is 14.4 Å². The number of aryl methyl sites for hydroxylation is 2. The third-order valence-electron chi connectivity index (χ3n) is 7.14. The number of rotatable bonds is 10. The summed E-state index contributed by atoms with van der Waals surface area (Å²) in [6, 6.07) is 39.8. The summed E-state index contributed by atoms with van der Waals surface area (Å²) in [5.41, 5.74) is 6.97. The van der Waals surface area contributed by atoms with E-state index in [1.807, 2.05) is 106 Å². The third kappa shape index (κ3) is 8.83. The van der Waals surface area contributed by atoms with E-state index in [2.05, 4.69) is 22.0 Å². The molecular weight excluding hydrogens is 591 g/mol. The average molecular weight is 626 g/mol. The van der Waals surface area contributed by atoms with Crippen molar-refractivity contribution in [2.75, 3.05) is 10.6 Å². The molecule has 0 bridgehead atoms. The quantitative estimate of drug-likeness (QED) is 0.107. The molecule has 0 aliphatic heterocycles. The molecular formula is C39H35N3O3S. The molecule has 0 heterocycles. The molecule has 0 saturated heterocycles. The number of hydrogen-bond acceptors (Lipinski definition) is 4. The van der Waals surface area contributed by atoms with Crippen LogP contribution in [0.15, 0.2) is 138 Å². The molecule has 1 unspecified atom stereocenters. The molecule has 0 fully saturated rings. The Balaban J connectivity index is 1.27. The smallest absolute Gasteiger partial charge is 0.272 e. The molecule has 0 saturated carbocycles. The van der Waals surface area contributed by atoms with Gasteiger partial charge in [0.25, 0.3) is 11.8 Å². The van der Waals surface area contributed by atoms with Crippen molar-refractivity contribution in [3.05, 3.63) is 155 Å². The highest BCUT2D eigenvalue weighted by Gasteiger charge is 2.17. The fourth-order valence-electron chi connectivity index (χ4n) is 4.88. The van der Waals surface area contributed by atoms with Crippen LogP contribution < -0.4 is 16.0 Å². The topological polar surface area (TPSA) is 87.3 Å². The van der Waals surface area contributed by atoms with Gasteiger partial charge in [0.05, 0.1) is 5.25 Å². The normalized spacial score (nSPS) is 11.8. The van der Waals surface area contributed by atoms with Crippen molar-refractivity contribution in [1.29, 1.82) is 0 Å². The van der Waals surface area contributed by atoms with Gasteiger partial charge in [-0.1, -0.05) is 78.9 Å². The summed E-state index contributed by atoms with van der Waals surface area (Å²) in [7, 11) is 0. The van der Waals surface area contributed by atoms with Crippen molar-refractivity contribution in [3.8, 4) is 11.1 Å². The minimum Gasteiger partial charge on any atom is -0.325 e. The van der Waals surface area contributed by atoms with Gasteiger partial charge in [-0.05, 0) is 103 Å². The number of hydrogen-bond donors (Lipinski definition) is 3. The van der Waals surface area contributed by atoms with Gasteiger partial charge in [-0.15, -0.1) is 11.8 Å². The molecule has 1 atom stereocenters. The van der Waals surface area contributed by atoms with Crippen molar-refractivity contribution in [3.63, 3.8) is 0 Å². The number of carbonyl (C=O) groups is 3. The highest BCUT2D eigenvalue weighted by Crippen LogP contribution is 2.26. The molecule has 0 radical (unpaired) electrons. The number of nitrogens with one attached hydrogen (secondary N) is 3. The van der Waals surface area contributed by atoms with Crippen LogP contribution in [0.5, 0.6) is 0 Å². The van der Waals surface area contributed by atoms with E-state index < -0.39 is 5.91 Å². The lowest BCUT2D eigenvalue weighted by Crippen LogP contribution is -2.30. The standard InChI is InChI=1S/C39H35N3O3S/c1-26-22-27(2)24-34(23-26)41-37(43)28(3)46-35-20-18-33(19-21-35)40-39(45)36(42-38(44)32-12-8-5-9-13-32)25-29-14-16-31(17-15-29)30-10-6-4-7-11-30/h4-25,28H,1-3H3,(H,40,45)(H,41,43)(H,42,44)/b36-25-. The molecule has 0 spiro atoms. The van der Waals surface area contributed by atoms with E-state index in [0.717, 1.165) is 38.4 Å². The van der Waals surface area contributed by atoms with Gasteiger partial charge in [0.2, 0.25) is 5.91 Å². The van der Waals surface area contributed by atoms with E-state index in [1.165, 1.54) is 11.8 Å². The van der Waals surface area contributed by atoms with E-state index in [4.69, 9.17) is 0 Å². The van der Waals surface area contributed by atoms with E-state index in [1.54, 1.807) is 42.5 Å². The first-order valence-electron chi connectivity index (χ1n) is 14.9. The largest absolute Gasteiger partial charge is 0.325 e. The summed E-state index contributed by atoms with van der Waals surface area (Å²) < 4.78 is 0. The Morgan fingerprint density at radius 3 is 1.87 bits per heavy atom. The maximum Gasteiger partial charge on any atom is 0.272 e. The fraction of sp³-hybridized carbons (Fsp3) is 0.103. The first-order chi connectivity index (χ1) is 22.2. The van der Waals surface area contributed by atoms with Gasteiger partial charge >= 0.3 is 0 Å². The zero-order chi connectivity index (χ0) is 32.5. The molecule has 46 heavy (non-hydrogen) atoms. The Morgan fingerprint density at radius 2 is 1.24 bits per heavy atom. The fourth-order valence-corrected chi connectivity index (χ4v) is 5.74. The minimum atomic E-state index is -0.460. The second-order valence-electron chi connectivity index (χ2n) is 11.0. The molecule has 6 nitrogen and oxygen atoms in total. The average Bonchev–Trinajstić information content (AvgIpc) is 3.06. The molecule has 0 aliphatic carbocycles. The summed E-state index contributed by atoms with van der Waals surface area (Å²) >= 11 is 1.43. The molecule has 5 aromatic rings. The van der Waals surface area contributed by atoms with Crippen LogP contribution in [-0.2, 0) is 9.59 Å². The van der Waals surface area contributed by atoms with Crippen molar-refractivity contribution in [1.82, 2.24) is 5.32 Å². The van der Waals surface area contributed by atoms with E-state index in [9.17, 15) is 14.4 Å². The number of thioether (sulfide) groups is 1. The maximum absolute atomic E-state index is 13.5. The lowest BCUT2D eigenvalue weighted by Gasteiger charge is -2.14. The van der Waals surface area contributed by atoms with Crippen LogP contribution in [0.25, 0.3) is 17.2 Å². The van der Waals surface area contributed by atoms with Gasteiger partial charge < -0.3 is 16.0 Å². The van der Waals surface area contributed by atoms with Crippen molar-refractivity contribution in [2.45, 2.75) is 30.9 Å². The second kappa shape index (κ2) is 15.1. The predicted octanol–water partition coefficient (Wildman–Crippen LogP) is 8.50. The number of anilines is 2. The Bertz CT molecular complexity index is 1830. The Kier molecular flexibility index (Phi) is 10.5. The molecule has 0 aromatic heterocycles. The van der Waals surface area contributed by atoms with Crippen LogP contribution in [0.2, 0.25) is 0 Å². The second-order valence-corrected chi connectivity index (χ2v) is 12.4. The van der Waals surface area contributed by atoms with Gasteiger partial charge in [-0.25, -0.2) is 0 Å². The third-order valence-corrected chi connectivity index (χ3v) is 8.25. The van der Waals surface area contributed by atoms with Crippen LogP contribution in [0.1, 0.15) is 34.0 Å². The summed E-state index contributed by atoms with van der Waals surface area (Å²) in [6.45, 7) is 5.86. The monoisotopic (exact) mass is 625 g/mol. The minimum absolute atomic E-state index is 0.0897. The van der Waals surface area contributed by atoms with E-state index >= 15 is 0 Å². The van der Waals surface area contributed by atoms with E-state index in [-0.39, 0.29) is 22.8 Å². The van der Waals surface area contributed by atoms with Gasteiger partial charge in [0.1, 0.15) is 5.70 Å². The number of amides is 3. The summed E-state index contributed by atoms with van der Waals surface area (Å²) in [5, 5.41) is 8.34. The zero-order valence-electron chi connectivity index (χ0n) is 25.9. The lowest BCUT2D eigenvalue weighted by molar-refractivity contribution is -0.115. The highest BCUT2D eigenvalue weighted by molar-refractivity contribution is 8.00. The van der Waals surface area contributed by atoms with Crippen LogP contribution in [0.4, 0.5) is 11.4 Å². The van der Waals surface area contributed by atoms with Gasteiger partial charge in [-0.2, -0.15) is 0 Å². The Labute approximate surface area is 274 Å². The van der Waals surface area contributed by atoms with Crippen LogP contribution in [0, 0.1) is 13.8 Å². The Hall–Kier alpha value is -5.40. The molecule has 3 N–H and O–H groups in total. The number of benzene rings is 5. The first kappa shape index (κ1) is 32.0.